The van der Waals surface area contributed by atoms with Crippen molar-refractivity contribution in [3.8, 4) is 0 Å². The van der Waals surface area contributed by atoms with Crippen molar-refractivity contribution in [2.75, 3.05) is 12.3 Å². The fourth-order valence-corrected chi connectivity index (χ4v) is 2.23. The van der Waals surface area contributed by atoms with E-state index >= 15 is 0 Å². The van der Waals surface area contributed by atoms with E-state index in [4.69, 9.17) is 10.5 Å². The van der Waals surface area contributed by atoms with E-state index < -0.39 is 0 Å². The molecule has 20 heavy (non-hydrogen) atoms. The molecule has 0 aliphatic carbocycles. The van der Waals surface area contributed by atoms with Crippen LogP contribution >= 0.6 is 0 Å². The average molecular weight is 277 g/mol. The van der Waals surface area contributed by atoms with Gasteiger partial charge in [0.05, 0.1) is 12.2 Å². The van der Waals surface area contributed by atoms with Crippen molar-refractivity contribution in [1.29, 1.82) is 0 Å². The van der Waals surface area contributed by atoms with Gasteiger partial charge in [0, 0.05) is 5.69 Å². The minimum atomic E-state index is -0.236. The summed E-state index contributed by atoms with van der Waals surface area (Å²) in [4.78, 5) is 12.2. The molecule has 0 heterocycles. The van der Waals surface area contributed by atoms with Gasteiger partial charge in [0.25, 0.3) is 0 Å². The summed E-state index contributed by atoms with van der Waals surface area (Å²) in [5, 5.41) is 0. The molecule has 0 saturated carbocycles. The summed E-state index contributed by atoms with van der Waals surface area (Å²) in [6.07, 6.45) is 4.55. The summed E-state index contributed by atoms with van der Waals surface area (Å²) in [5.41, 5.74) is 9.05. The Bertz CT molecular complexity index is 455. The Morgan fingerprint density at radius 3 is 2.55 bits per heavy atom. The van der Waals surface area contributed by atoms with E-state index in [2.05, 4.69) is 13.8 Å². The summed E-state index contributed by atoms with van der Waals surface area (Å²) in [7, 11) is 0. The van der Waals surface area contributed by atoms with Crippen LogP contribution in [0.5, 0.6) is 0 Å². The second-order valence-electron chi connectivity index (χ2n) is 5.47. The van der Waals surface area contributed by atoms with Crippen LogP contribution in [0.25, 0.3) is 0 Å². The van der Waals surface area contributed by atoms with Crippen LogP contribution in [-0.2, 0) is 4.74 Å². The lowest BCUT2D eigenvalue weighted by Gasteiger charge is -2.16. The third-order valence-corrected chi connectivity index (χ3v) is 4.04. The predicted octanol–water partition coefficient (Wildman–Crippen LogP) is 4.26. The number of carbonyl (C=O) groups excluding carboxylic acids is 1. The second kappa shape index (κ2) is 7.93. The summed E-state index contributed by atoms with van der Waals surface area (Å²) in [6, 6.07) is 3.53. The number of esters is 1. The zero-order valence-corrected chi connectivity index (χ0v) is 13.2. The minimum absolute atomic E-state index is 0.236. The SMILES string of the molecule is CCCCC(CC)COC(=O)c1ccc(N)c(C)c1C. The fourth-order valence-electron chi connectivity index (χ4n) is 2.23. The van der Waals surface area contributed by atoms with Gasteiger partial charge < -0.3 is 10.5 Å². The molecule has 1 atom stereocenters. The van der Waals surface area contributed by atoms with Gasteiger partial charge in [-0.3, -0.25) is 0 Å². The highest BCUT2D eigenvalue weighted by atomic mass is 16.5. The largest absolute Gasteiger partial charge is 0.462 e. The summed E-state index contributed by atoms with van der Waals surface area (Å²) in [6.45, 7) is 8.68. The minimum Gasteiger partial charge on any atom is -0.462 e. The Kier molecular flexibility index (Phi) is 6.56. The highest BCUT2D eigenvalue weighted by Crippen LogP contribution is 2.21. The van der Waals surface area contributed by atoms with Crippen molar-refractivity contribution in [3.05, 3.63) is 28.8 Å². The zero-order valence-electron chi connectivity index (χ0n) is 13.2. The molecule has 0 spiro atoms. The number of nitrogens with two attached hydrogens (primary N) is 1. The van der Waals surface area contributed by atoms with Crippen molar-refractivity contribution in [3.63, 3.8) is 0 Å². The van der Waals surface area contributed by atoms with Gasteiger partial charge in [0.2, 0.25) is 0 Å². The number of nitrogen functional groups attached to an aromatic ring is 1. The molecular weight excluding hydrogens is 250 g/mol. The van der Waals surface area contributed by atoms with Crippen molar-refractivity contribution in [2.45, 2.75) is 53.4 Å². The molecule has 2 N–H and O–H groups in total. The zero-order chi connectivity index (χ0) is 15.1. The molecule has 0 amide bonds. The van der Waals surface area contributed by atoms with Gasteiger partial charge in [-0.1, -0.05) is 33.1 Å². The van der Waals surface area contributed by atoms with E-state index in [0.717, 1.165) is 24.0 Å². The number of unbranched alkanes of at least 4 members (excludes halogenated alkanes) is 1. The molecule has 3 heteroatoms. The van der Waals surface area contributed by atoms with Gasteiger partial charge in [-0.25, -0.2) is 4.79 Å². The van der Waals surface area contributed by atoms with Gasteiger partial charge in [0.1, 0.15) is 0 Å². The maximum absolute atomic E-state index is 12.2. The predicted molar refractivity (Wildman–Crippen MR) is 83.9 cm³/mol. The van der Waals surface area contributed by atoms with Crippen LogP contribution in [0.2, 0.25) is 0 Å². The van der Waals surface area contributed by atoms with Gasteiger partial charge in [-0.2, -0.15) is 0 Å². The van der Waals surface area contributed by atoms with Crippen LogP contribution in [0.4, 0.5) is 5.69 Å². The van der Waals surface area contributed by atoms with E-state index in [9.17, 15) is 4.79 Å². The summed E-state index contributed by atoms with van der Waals surface area (Å²) < 4.78 is 5.47. The van der Waals surface area contributed by atoms with Gasteiger partial charge in [-0.05, 0) is 49.4 Å². The maximum Gasteiger partial charge on any atom is 0.338 e. The third kappa shape index (κ3) is 4.26. The van der Waals surface area contributed by atoms with Crippen LogP contribution in [0.15, 0.2) is 12.1 Å². The average Bonchev–Trinajstić information content (AvgIpc) is 2.45. The van der Waals surface area contributed by atoms with Crippen molar-refractivity contribution < 1.29 is 9.53 Å². The van der Waals surface area contributed by atoms with E-state index in [-0.39, 0.29) is 5.97 Å². The summed E-state index contributed by atoms with van der Waals surface area (Å²) >= 11 is 0. The smallest absolute Gasteiger partial charge is 0.338 e. The number of hydrogen-bond acceptors (Lipinski definition) is 3. The molecule has 1 rings (SSSR count). The lowest BCUT2D eigenvalue weighted by atomic mass is 10.00. The van der Waals surface area contributed by atoms with Gasteiger partial charge in [0.15, 0.2) is 0 Å². The van der Waals surface area contributed by atoms with Crippen LogP contribution in [-0.4, -0.2) is 12.6 Å². The Morgan fingerprint density at radius 1 is 1.25 bits per heavy atom. The van der Waals surface area contributed by atoms with E-state index in [1.807, 2.05) is 13.8 Å². The highest BCUT2D eigenvalue weighted by molar-refractivity contribution is 5.92. The standard InChI is InChI=1S/C17H27NO2/c1-5-7-8-14(6-2)11-20-17(19)15-9-10-16(18)13(4)12(15)3/h9-10,14H,5-8,11,18H2,1-4H3. The Morgan fingerprint density at radius 2 is 1.95 bits per heavy atom. The summed E-state index contributed by atoms with van der Waals surface area (Å²) in [5.74, 6) is 0.231. The first-order valence-electron chi connectivity index (χ1n) is 7.54. The molecule has 0 aromatic heterocycles. The molecule has 112 valence electrons. The molecule has 1 aromatic rings. The molecule has 1 aromatic carbocycles. The topological polar surface area (TPSA) is 52.3 Å². The number of hydrogen-bond donors (Lipinski definition) is 1. The van der Waals surface area contributed by atoms with E-state index in [0.29, 0.717) is 23.8 Å². The molecule has 0 bridgehead atoms. The highest BCUT2D eigenvalue weighted by Gasteiger charge is 2.15. The number of benzene rings is 1. The molecular formula is C17H27NO2. The van der Waals surface area contributed by atoms with E-state index in [1.165, 1.54) is 12.8 Å². The lowest BCUT2D eigenvalue weighted by Crippen LogP contribution is -2.15. The van der Waals surface area contributed by atoms with Crippen molar-refractivity contribution in [2.24, 2.45) is 5.92 Å². The van der Waals surface area contributed by atoms with Crippen LogP contribution < -0.4 is 5.73 Å². The maximum atomic E-state index is 12.2. The number of rotatable bonds is 7. The van der Waals surface area contributed by atoms with E-state index in [1.54, 1.807) is 12.1 Å². The van der Waals surface area contributed by atoms with Crippen molar-refractivity contribution >= 4 is 11.7 Å². The second-order valence-corrected chi connectivity index (χ2v) is 5.47. The van der Waals surface area contributed by atoms with Gasteiger partial charge >= 0.3 is 5.97 Å². The van der Waals surface area contributed by atoms with Crippen molar-refractivity contribution in [1.82, 2.24) is 0 Å². The fraction of sp³-hybridized carbons (Fsp3) is 0.588. The first kappa shape index (κ1) is 16.5. The van der Waals surface area contributed by atoms with Crippen LogP contribution in [0, 0.1) is 19.8 Å². The van der Waals surface area contributed by atoms with Gasteiger partial charge in [-0.15, -0.1) is 0 Å². The van der Waals surface area contributed by atoms with Crippen LogP contribution in [0.3, 0.4) is 0 Å². The molecule has 0 fully saturated rings. The Hall–Kier alpha value is -1.51. The first-order chi connectivity index (χ1) is 9.51. The first-order valence-corrected chi connectivity index (χ1v) is 7.54. The molecule has 0 aliphatic heterocycles. The monoisotopic (exact) mass is 277 g/mol. The molecule has 1 unspecified atom stereocenters. The Balaban J connectivity index is 2.65. The molecule has 3 nitrogen and oxygen atoms in total. The lowest BCUT2D eigenvalue weighted by molar-refractivity contribution is 0.0427. The number of carbonyl (C=O) groups is 1. The Labute approximate surface area is 122 Å². The quantitative estimate of drug-likeness (QED) is 0.598. The molecule has 0 radical (unpaired) electrons. The molecule has 0 aliphatic rings. The number of ether oxygens (including phenoxy) is 1. The third-order valence-electron chi connectivity index (χ3n) is 4.04. The van der Waals surface area contributed by atoms with Crippen LogP contribution in [0.1, 0.15) is 61.0 Å². The molecule has 0 saturated heterocycles. The normalized spacial score (nSPS) is 12.2. The number of anilines is 1.